The predicted octanol–water partition coefficient (Wildman–Crippen LogP) is 4.35. The fraction of sp³-hybridized carbons (Fsp3) is 0.476. The third-order valence-corrected chi connectivity index (χ3v) is 6.37. The molecule has 1 aromatic heterocycles. The minimum absolute atomic E-state index is 0.0303. The van der Waals surface area contributed by atoms with E-state index in [0.29, 0.717) is 18.1 Å². The molecule has 24 heavy (non-hydrogen) atoms. The molecule has 2 atom stereocenters. The van der Waals surface area contributed by atoms with Crippen LogP contribution in [0, 0.1) is 11.3 Å². The average molecular weight is 320 g/mol. The van der Waals surface area contributed by atoms with Crippen LogP contribution in [0.25, 0.3) is 11.4 Å². The summed E-state index contributed by atoms with van der Waals surface area (Å²) in [5.74, 6) is 1.56. The molecule has 0 amide bonds. The highest BCUT2D eigenvalue weighted by atomic mass is 16.1. The lowest BCUT2D eigenvalue weighted by Gasteiger charge is -2.52. The monoisotopic (exact) mass is 320 g/mol. The van der Waals surface area contributed by atoms with Gasteiger partial charge in [0.15, 0.2) is 5.82 Å². The van der Waals surface area contributed by atoms with Gasteiger partial charge in [-0.15, -0.1) is 0 Å². The Labute approximate surface area is 143 Å². The van der Waals surface area contributed by atoms with Crippen molar-refractivity contribution in [3.63, 3.8) is 0 Å². The maximum atomic E-state index is 12.5. The van der Waals surface area contributed by atoms with Gasteiger partial charge in [0.2, 0.25) is 0 Å². The van der Waals surface area contributed by atoms with Crippen molar-refractivity contribution in [3.8, 4) is 11.4 Å². The Bertz CT molecular complexity index is 797. The maximum Gasteiger partial charge on any atom is 0.159 e. The number of rotatable bonds is 1. The molecule has 0 aliphatic heterocycles. The van der Waals surface area contributed by atoms with Crippen molar-refractivity contribution in [2.45, 2.75) is 51.9 Å². The Kier molecular flexibility index (Phi) is 3.38. The predicted molar refractivity (Wildman–Crippen MR) is 94.7 cm³/mol. The van der Waals surface area contributed by atoms with Gasteiger partial charge in [-0.3, -0.25) is 4.79 Å². The van der Waals surface area contributed by atoms with E-state index in [1.807, 2.05) is 24.4 Å². The lowest BCUT2D eigenvalue weighted by Crippen LogP contribution is -2.52. The number of hydrogen-bond donors (Lipinski definition) is 0. The van der Waals surface area contributed by atoms with Crippen LogP contribution in [0.5, 0.6) is 0 Å². The van der Waals surface area contributed by atoms with E-state index < -0.39 is 0 Å². The number of carbonyl (C=O) groups excluding carboxylic acids is 1. The first-order valence-electron chi connectivity index (χ1n) is 8.88. The van der Waals surface area contributed by atoms with E-state index in [9.17, 15) is 4.79 Å². The van der Waals surface area contributed by atoms with E-state index in [-0.39, 0.29) is 10.8 Å². The number of nitrogens with zero attached hydrogens (tertiary/aromatic N) is 2. The number of benzene rings is 1. The van der Waals surface area contributed by atoms with Crippen LogP contribution >= 0.6 is 0 Å². The average Bonchev–Trinajstić information content (AvgIpc) is 2.59. The Balaban J connectivity index is 1.84. The molecule has 0 saturated heterocycles. The van der Waals surface area contributed by atoms with Crippen LogP contribution in [-0.4, -0.2) is 15.8 Å². The second-order valence-corrected chi connectivity index (χ2v) is 8.09. The normalized spacial score (nSPS) is 28.1. The zero-order valence-electron chi connectivity index (χ0n) is 14.7. The number of fused-ring (bicyclic) bond motifs is 3. The third kappa shape index (κ3) is 2.14. The summed E-state index contributed by atoms with van der Waals surface area (Å²) in [5, 5.41) is 0. The van der Waals surface area contributed by atoms with Crippen LogP contribution < -0.4 is 0 Å². The molecule has 2 aliphatic rings. The molecule has 3 nitrogen and oxygen atoms in total. The summed E-state index contributed by atoms with van der Waals surface area (Å²) in [6.07, 6.45) is 5.59. The molecule has 0 bridgehead atoms. The van der Waals surface area contributed by atoms with Gasteiger partial charge in [-0.25, -0.2) is 9.97 Å². The first-order valence-corrected chi connectivity index (χ1v) is 8.88. The van der Waals surface area contributed by atoms with Crippen molar-refractivity contribution in [2.75, 3.05) is 0 Å². The van der Waals surface area contributed by atoms with Crippen molar-refractivity contribution < 1.29 is 4.79 Å². The zero-order valence-corrected chi connectivity index (χ0v) is 14.7. The van der Waals surface area contributed by atoms with Gasteiger partial charge in [-0.05, 0) is 30.7 Å². The van der Waals surface area contributed by atoms with Gasteiger partial charge >= 0.3 is 0 Å². The molecule has 0 radical (unpaired) electrons. The molecule has 2 aromatic rings. The quantitative estimate of drug-likeness (QED) is 0.784. The number of carbonyl (C=O) groups is 1. The molecule has 2 aliphatic carbocycles. The van der Waals surface area contributed by atoms with Gasteiger partial charge in [0.05, 0.1) is 5.69 Å². The van der Waals surface area contributed by atoms with E-state index in [2.05, 4.69) is 37.9 Å². The molecular weight excluding hydrogens is 296 g/mol. The molecule has 0 N–H and O–H groups in total. The molecule has 1 heterocycles. The van der Waals surface area contributed by atoms with Gasteiger partial charge in [-0.1, -0.05) is 51.1 Å². The van der Waals surface area contributed by atoms with E-state index in [0.717, 1.165) is 30.7 Å². The van der Waals surface area contributed by atoms with Crippen LogP contribution in [0.2, 0.25) is 0 Å². The molecular formula is C21H24N2O. The van der Waals surface area contributed by atoms with Crippen LogP contribution in [0.1, 0.15) is 51.3 Å². The lowest BCUT2D eigenvalue weighted by atomic mass is 9.51. The Morgan fingerprint density at radius 3 is 2.58 bits per heavy atom. The van der Waals surface area contributed by atoms with Crippen molar-refractivity contribution in [1.82, 2.24) is 9.97 Å². The molecule has 124 valence electrons. The molecule has 0 unspecified atom stereocenters. The topological polar surface area (TPSA) is 42.9 Å². The molecule has 0 spiro atoms. The number of hydrogen-bond acceptors (Lipinski definition) is 3. The van der Waals surface area contributed by atoms with Gasteiger partial charge < -0.3 is 0 Å². The van der Waals surface area contributed by atoms with E-state index in [1.165, 1.54) is 11.3 Å². The highest BCUT2D eigenvalue weighted by Gasteiger charge is 2.54. The Morgan fingerprint density at radius 2 is 1.83 bits per heavy atom. The fourth-order valence-corrected chi connectivity index (χ4v) is 4.93. The summed E-state index contributed by atoms with van der Waals surface area (Å²) >= 11 is 0. The van der Waals surface area contributed by atoms with E-state index >= 15 is 0 Å². The van der Waals surface area contributed by atoms with E-state index in [4.69, 9.17) is 4.98 Å². The van der Waals surface area contributed by atoms with Gasteiger partial charge in [0.25, 0.3) is 0 Å². The minimum atomic E-state index is -0.261. The molecule has 3 heteroatoms. The Morgan fingerprint density at radius 1 is 1.08 bits per heavy atom. The maximum absolute atomic E-state index is 12.5. The first-order chi connectivity index (χ1) is 11.4. The van der Waals surface area contributed by atoms with Crippen molar-refractivity contribution in [2.24, 2.45) is 11.3 Å². The standard InChI is InChI=1S/C21H24N2O/c1-20(2)16-10-9-15-13-22-19(14-7-5-4-6-8-14)23-18(15)21(16,3)12-11-17(20)24/h4-8,13,16H,9-12H2,1-3H3/t16-,21-/m0/s1. The molecule has 1 aromatic carbocycles. The van der Waals surface area contributed by atoms with Crippen LogP contribution in [0.4, 0.5) is 0 Å². The zero-order chi connectivity index (χ0) is 16.9. The first kappa shape index (κ1) is 15.5. The number of ketones is 1. The smallest absolute Gasteiger partial charge is 0.159 e. The molecule has 1 fully saturated rings. The van der Waals surface area contributed by atoms with Crippen LogP contribution in [-0.2, 0) is 16.6 Å². The van der Waals surface area contributed by atoms with Crippen molar-refractivity contribution in [3.05, 3.63) is 47.8 Å². The van der Waals surface area contributed by atoms with Gasteiger partial charge in [-0.2, -0.15) is 0 Å². The highest BCUT2D eigenvalue weighted by molar-refractivity contribution is 5.86. The summed E-state index contributed by atoms with van der Waals surface area (Å²) in [5.41, 5.74) is 3.20. The largest absolute Gasteiger partial charge is 0.299 e. The molecule has 4 rings (SSSR count). The molecule has 1 saturated carbocycles. The number of aromatic nitrogens is 2. The fourth-order valence-electron chi connectivity index (χ4n) is 4.93. The minimum Gasteiger partial charge on any atom is -0.299 e. The summed E-state index contributed by atoms with van der Waals surface area (Å²) in [7, 11) is 0. The number of Topliss-reactive ketones (excluding diaryl/α,β-unsaturated/α-hetero) is 1. The SMILES string of the molecule is CC1(C)C(=O)CC[C@]2(C)c3nc(-c4ccccc4)ncc3CC[C@@H]12. The second-order valence-electron chi connectivity index (χ2n) is 8.09. The van der Waals surface area contributed by atoms with Crippen LogP contribution in [0.3, 0.4) is 0 Å². The second kappa shape index (κ2) is 5.23. The van der Waals surface area contributed by atoms with Gasteiger partial charge in [0.1, 0.15) is 5.78 Å². The summed E-state index contributed by atoms with van der Waals surface area (Å²) in [6.45, 7) is 6.56. The van der Waals surface area contributed by atoms with Crippen LogP contribution in [0.15, 0.2) is 36.5 Å². The van der Waals surface area contributed by atoms with E-state index in [1.54, 1.807) is 0 Å². The van der Waals surface area contributed by atoms with Gasteiger partial charge in [0, 0.05) is 29.0 Å². The summed E-state index contributed by atoms with van der Waals surface area (Å²) in [6, 6.07) is 10.2. The summed E-state index contributed by atoms with van der Waals surface area (Å²) < 4.78 is 0. The van der Waals surface area contributed by atoms with Crippen molar-refractivity contribution >= 4 is 5.78 Å². The van der Waals surface area contributed by atoms with Crippen molar-refractivity contribution in [1.29, 1.82) is 0 Å². The third-order valence-electron chi connectivity index (χ3n) is 6.37. The Hall–Kier alpha value is -2.03. The summed E-state index contributed by atoms with van der Waals surface area (Å²) in [4.78, 5) is 22.1. The lowest BCUT2D eigenvalue weighted by molar-refractivity contribution is -0.137. The number of aryl methyl sites for hydroxylation is 1. The highest BCUT2D eigenvalue weighted by Crippen LogP contribution is 2.55.